The molecule has 0 spiro atoms. The van der Waals surface area contributed by atoms with Crippen LogP contribution < -0.4 is 10.0 Å². The quantitative estimate of drug-likeness (QED) is 0.547. The minimum atomic E-state index is -3.70. The largest absolute Gasteiger partial charge is 0.355 e. The van der Waals surface area contributed by atoms with Crippen LogP contribution in [0.25, 0.3) is 0 Å². The Morgan fingerprint density at radius 1 is 0.970 bits per heavy atom. The van der Waals surface area contributed by atoms with Gasteiger partial charge in [0.2, 0.25) is 26.0 Å². The normalized spacial score (nSPS) is 17.6. The van der Waals surface area contributed by atoms with E-state index >= 15 is 0 Å². The zero-order valence-corrected chi connectivity index (χ0v) is 20.8. The van der Waals surface area contributed by atoms with Crippen LogP contribution in [-0.4, -0.2) is 53.2 Å². The first kappa shape index (κ1) is 25.4. The van der Waals surface area contributed by atoms with E-state index in [9.17, 15) is 21.6 Å². The third-order valence-corrected chi connectivity index (χ3v) is 9.25. The lowest BCUT2D eigenvalue weighted by molar-refractivity contribution is -0.126. The summed E-state index contributed by atoms with van der Waals surface area (Å²) in [6.07, 6.45) is 1.17. The molecule has 1 heterocycles. The van der Waals surface area contributed by atoms with Gasteiger partial charge in [0.1, 0.15) is 0 Å². The number of carbonyl (C=O) groups is 1. The number of rotatable bonds is 8. The van der Waals surface area contributed by atoms with Crippen LogP contribution in [0.4, 0.5) is 0 Å². The van der Waals surface area contributed by atoms with E-state index in [1.807, 2.05) is 19.9 Å². The number of hydrogen-bond acceptors (Lipinski definition) is 5. The van der Waals surface area contributed by atoms with Gasteiger partial charge >= 0.3 is 0 Å². The summed E-state index contributed by atoms with van der Waals surface area (Å²) < 4.78 is 54.9. The van der Waals surface area contributed by atoms with Gasteiger partial charge in [-0.3, -0.25) is 4.79 Å². The maximum absolute atomic E-state index is 13.2. The van der Waals surface area contributed by atoms with E-state index < -0.39 is 26.0 Å². The molecule has 33 heavy (non-hydrogen) atoms. The number of benzene rings is 2. The van der Waals surface area contributed by atoms with E-state index in [0.29, 0.717) is 24.9 Å². The summed E-state index contributed by atoms with van der Waals surface area (Å²) >= 11 is 0. The highest BCUT2D eigenvalue weighted by Gasteiger charge is 2.34. The van der Waals surface area contributed by atoms with Gasteiger partial charge in [0.15, 0.2) is 0 Å². The maximum atomic E-state index is 13.2. The van der Waals surface area contributed by atoms with Crippen LogP contribution in [0.15, 0.2) is 52.3 Å². The van der Waals surface area contributed by atoms with Crippen LogP contribution in [-0.2, 0) is 24.8 Å². The Labute approximate surface area is 196 Å². The predicted molar refractivity (Wildman–Crippen MR) is 127 cm³/mol. The number of nitrogens with one attached hydrogen (secondary N) is 2. The first-order valence-corrected chi connectivity index (χ1v) is 13.8. The van der Waals surface area contributed by atoms with Crippen molar-refractivity contribution in [1.82, 2.24) is 14.3 Å². The molecule has 0 unspecified atom stereocenters. The molecule has 2 aromatic rings. The van der Waals surface area contributed by atoms with Crippen molar-refractivity contribution in [2.75, 3.05) is 26.2 Å². The van der Waals surface area contributed by atoms with Crippen LogP contribution in [0.3, 0.4) is 0 Å². The standard InChI is InChI=1S/C23H31N3O5S2/c1-17-7-10-21(11-8-17)32(28,29)25-13-12-24-23(27)20-5-4-14-26(16-20)33(30,31)22-15-18(2)6-9-19(22)3/h6-11,15,20,25H,4-5,12-14,16H2,1-3H3,(H,24,27)/t20-/m0/s1. The summed E-state index contributed by atoms with van der Waals surface area (Å²) in [5.41, 5.74) is 2.49. The van der Waals surface area contributed by atoms with Gasteiger partial charge in [0, 0.05) is 26.2 Å². The number of amides is 1. The highest BCUT2D eigenvalue weighted by molar-refractivity contribution is 7.89. The van der Waals surface area contributed by atoms with E-state index in [-0.39, 0.29) is 35.3 Å². The van der Waals surface area contributed by atoms with Crippen LogP contribution in [0.1, 0.15) is 29.5 Å². The zero-order chi connectivity index (χ0) is 24.2. The molecule has 0 radical (unpaired) electrons. The molecule has 3 rings (SSSR count). The Morgan fingerprint density at radius 2 is 1.64 bits per heavy atom. The van der Waals surface area contributed by atoms with Crippen molar-refractivity contribution in [3.8, 4) is 0 Å². The lowest BCUT2D eigenvalue weighted by Crippen LogP contribution is -2.46. The van der Waals surface area contributed by atoms with Gasteiger partial charge in [0.05, 0.1) is 15.7 Å². The van der Waals surface area contributed by atoms with Crippen molar-refractivity contribution in [3.05, 3.63) is 59.2 Å². The molecule has 0 aliphatic carbocycles. The summed E-state index contributed by atoms with van der Waals surface area (Å²) in [5, 5.41) is 2.73. The third-order valence-electron chi connectivity index (χ3n) is 5.76. The maximum Gasteiger partial charge on any atom is 0.243 e. The molecule has 8 nitrogen and oxygen atoms in total. The molecule has 1 amide bonds. The predicted octanol–water partition coefficient (Wildman–Crippen LogP) is 2.11. The van der Waals surface area contributed by atoms with Gasteiger partial charge in [-0.1, -0.05) is 29.8 Å². The average Bonchev–Trinajstić information content (AvgIpc) is 2.78. The van der Waals surface area contributed by atoms with Crippen LogP contribution in [0.2, 0.25) is 0 Å². The van der Waals surface area contributed by atoms with Crippen molar-refractivity contribution in [2.24, 2.45) is 5.92 Å². The minimum Gasteiger partial charge on any atom is -0.355 e. The summed E-state index contributed by atoms with van der Waals surface area (Å²) in [6, 6.07) is 11.8. The van der Waals surface area contributed by atoms with Gasteiger partial charge in [-0.25, -0.2) is 21.6 Å². The van der Waals surface area contributed by atoms with Crippen molar-refractivity contribution >= 4 is 26.0 Å². The van der Waals surface area contributed by atoms with Gasteiger partial charge in [0.25, 0.3) is 0 Å². The lowest BCUT2D eigenvalue weighted by atomic mass is 9.99. The Morgan fingerprint density at radius 3 is 2.33 bits per heavy atom. The van der Waals surface area contributed by atoms with Crippen molar-refractivity contribution in [3.63, 3.8) is 0 Å². The Bertz CT molecular complexity index is 1210. The molecule has 10 heteroatoms. The third kappa shape index (κ3) is 6.20. The molecule has 1 fully saturated rings. The summed E-state index contributed by atoms with van der Waals surface area (Å²) in [7, 11) is -7.35. The van der Waals surface area contributed by atoms with Crippen LogP contribution >= 0.6 is 0 Å². The first-order valence-electron chi connectivity index (χ1n) is 10.9. The minimum absolute atomic E-state index is 0.0408. The zero-order valence-electron chi connectivity index (χ0n) is 19.2. The SMILES string of the molecule is Cc1ccc(S(=O)(=O)NCCNC(=O)[C@H]2CCCN(S(=O)(=O)c3cc(C)ccc3C)C2)cc1. The molecule has 0 aromatic heterocycles. The number of carbonyl (C=O) groups excluding carboxylic acids is 1. The van der Waals surface area contributed by atoms with Gasteiger partial charge in [-0.05, 0) is 62.9 Å². The Kier molecular flexibility index (Phi) is 7.94. The Balaban J connectivity index is 1.55. The van der Waals surface area contributed by atoms with E-state index in [1.54, 1.807) is 31.2 Å². The number of aryl methyl sites for hydroxylation is 3. The first-order chi connectivity index (χ1) is 15.5. The smallest absolute Gasteiger partial charge is 0.243 e. The van der Waals surface area contributed by atoms with Crippen molar-refractivity contribution in [2.45, 2.75) is 43.4 Å². The van der Waals surface area contributed by atoms with E-state index in [4.69, 9.17) is 0 Å². The van der Waals surface area contributed by atoms with Gasteiger partial charge in [-0.15, -0.1) is 0 Å². The molecule has 0 bridgehead atoms. The second-order valence-corrected chi connectivity index (χ2v) is 12.1. The van der Waals surface area contributed by atoms with Gasteiger partial charge in [-0.2, -0.15) is 4.31 Å². The van der Waals surface area contributed by atoms with Crippen molar-refractivity contribution in [1.29, 1.82) is 0 Å². The lowest BCUT2D eigenvalue weighted by Gasteiger charge is -2.31. The molecule has 1 atom stereocenters. The monoisotopic (exact) mass is 493 g/mol. The second-order valence-electron chi connectivity index (χ2n) is 8.47. The molecule has 2 aromatic carbocycles. The number of nitrogens with zero attached hydrogens (tertiary/aromatic N) is 1. The fraction of sp³-hybridized carbons (Fsp3) is 0.435. The van der Waals surface area contributed by atoms with E-state index in [2.05, 4.69) is 10.0 Å². The number of piperidine rings is 1. The van der Waals surface area contributed by atoms with Gasteiger partial charge < -0.3 is 5.32 Å². The summed E-state index contributed by atoms with van der Waals surface area (Å²) in [6.45, 7) is 6.12. The van der Waals surface area contributed by atoms with E-state index in [0.717, 1.165) is 11.1 Å². The van der Waals surface area contributed by atoms with Crippen molar-refractivity contribution < 1.29 is 21.6 Å². The highest BCUT2D eigenvalue weighted by Crippen LogP contribution is 2.26. The molecule has 1 aliphatic rings. The summed E-state index contributed by atoms with van der Waals surface area (Å²) in [5.74, 6) is -0.752. The molecular formula is C23H31N3O5S2. The molecule has 1 saturated heterocycles. The molecule has 2 N–H and O–H groups in total. The topological polar surface area (TPSA) is 113 Å². The molecule has 180 valence electrons. The molecular weight excluding hydrogens is 462 g/mol. The van der Waals surface area contributed by atoms with Crippen LogP contribution in [0, 0.1) is 26.7 Å². The van der Waals surface area contributed by atoms with E-state index in [1.165, 1.54) is 16.4 Å². The Hall–Kier alpha value is -2.27. The highest BCUT2D eigenvalue weighted by atomic mass is 32.2. The number of sulfonamides is 2. The average molecular weight is 494 g/mol. The number of hydrogen-bond donors (Lipinski definition) is 2. The fourth-order valence-corrected chi connectivity index (χ4v) is 6.68. The second kappa shape index (κ2) is 10.3. The molecule has 0 saturated carbocycles. The fourth-order valence-electron chi connectivity index (χ4n) is 3.82. The summed E-state index contributed by atoms with van der Waals surface area (Å²) in [4.78, 5) is 13.1. The van der Waals surface area contributed by atoms with Crippen LogP contribution in [0.5, 0.6) is 0 Å². The molecule has 1 aliphatic heterocycles.